The molecule has 3 rings (SSSR count). The zero-order chi connectivity index (χ0) is 18.4. The average Bonchev–Trinajstić information content (AvgIpc) is 3.15. The van der Waals surface area contributed by atoms with Crippen molar-refractivity contribution in [3.8, 4) is 0 Å². The highest BCUT2D eigenvalue weighted by Crippen LogP contribution is 2.24. The Bertz CT molecular complexity index is 603. The molecule has 2 saturated heterocycles. The Balaban J connectivity index is 1.41. The van der Waals surface area contributed by atoms with Gasteiger partial charge in [0.05, 0.1) is 6.10 Å². The molecule has 6 heteroatoms. The number of hydrogen-bond acceptors (Lipinski definition) is 4. The van der Waals surface area contributed by atoms with Crippen molar-refractivity contribution in [3.05, 3.63) is 24.3 Å². The molecule has 142 valence electrons. The van der Waals surface area contributed by atoms with Crippen LogP contribution in [0.25, 0.3) is 0 Å². The molecule has 2 aliphatic heterocycles. The highest BCUT2D eigenvalue weighted by atomic mass is 16.5. The Morgan fingerprint density at radius 2 is 1.85 bits per heavy atom. The van der Waals surface area contributed by atoms with E-state index in [0.717, 1.165) is 44.1 Å². The number of rotatable bonds is 6. The molecule has 0 saturated carbocycles. The molecule has 1 atom stereocenters. The van der Waals surface area contributed by atoms with Crippen LogP contribution in [-0.2, 0) is 14.3 Å². The lowest BCUT2D eigenvalue weighted by molar-refractivity contribution is -0.127. The summed E-state index contributed by atoms with van der Waals surface area (Å²) in [6, 6.07) is 7.86. The van der Waals surface area contributed by atoms with Gasteiger partial charge < -0.3 is 20.3 Å². The number of amides is 2. The second-order valence-corrected chi connectivity index (χ2v) is 7.38. The van der Waals surface area contributed by atoms with Gasteiger partial charge in [0, 0.05) is 37.6 Å². The maximum absolute atomic E-state index is 12.0. The molecule has 2 heterocycles. The van der Waals surface area contributed by atoms with Gasteiger partial charge in [-0.05, 0) is 55.9 Å². The fraction of sp³-hybridized carbons (Fsp3) is 0.600. The molecule has 0 aliphatic carbocycles. The van der Waals surface area contributed by atoms with Crippen LogP contribution >= 0.6 is 0 Å². The van der Waals surface area contributed by atoms with Crippen LogP contribution in [-0.4, -0.2) is 44.2 Å². The minimum absolute atomic E-state index is 0.0901. The van der Waals surface area contributed by atoms with Crippen molar-refractivity contribution in [1.29, 1.82) is 0 Å². The molecule has 1 aromatic rings. The van der Waals surface area contributed by atoms with Crippen LogP contribution < -0.4 is 15.5 Å². The number of carbonyl (C=O) groups is 2. The Labute approximate surface area is 155 Å². The monoisotopic (exact) mass is 359 g/mol. The number of piperidine rings is 1. The number of carbonyl (C=O) groups excluding carboxylic acids is 2. The molecule has 2 fully saturated rings. The SMILES string of the molecule is CC1CCN(c2ccc(NC(=O)CC(=O)NCC3CCCO3)cc2)CC1. The van der Waals surface area contributed by atoms with Crippen molar-refractivity contribution in [2.75, 3.05) is 36.5 Å². The van der Waals surface area contributed by atoms with E-state index in [9.17, 15) is 9.59 Å². The van der Waals surface area contributed by atoms with Gasteiger partial charge in [0.15, 0.2) is 0 Å². The van der Waals surface area contributed by atoms with E-state index < -0.39 is 0 Å². The highest BCUT2D eigenvalue weighted by Gasteiger charge is 2.18. The average molecular weight is 359 g/mol. The quantitative estimate of drug-likeness (QED) is 0.766. The van der Waals surface area contributed by atoms with E-state index in [0.29, 0.717) is 6.54 Å². The summed E-state index contributed by atoms with van der Waals surface area (Å²) in [6.45, 7) is 5.70. The second kappa shape index (κ2) is 9.03. The first-order chi connectivity index (χ1) is 12.6. The molecule has 0 aromatic heterocycles. The molecule has 2 amide bonds. The molecule has 1 unspecified atom stereocenters. The van der Waals surface area contributed by atoms with Crippen LogP contribution in [0.1, 0.15) is 39.0 Å². The van der Waals surface area contributed by atoms with Gasteiger partial charge in [-0.15, -0.1) is 0 Å². The number of benzene rings is 1. The van der Waals surface area contributed by atoms with Crippen LogP contribution in [0.15, 0.2) is 24.3 Å². The van der Waals surface area contributed by atoms with Gasteiger partial charge in [-0.3, -0.25) is 9.59 Å². The van der Waals surface area contributed by atoms with Crippen molar-refractivity contribution >= 4 is 23.2 Å². The number of anilines is 2. The van der Waals surface area contributed by atoms with E-state index >= 15 is 0 Å². The van der Waals surface area contributed by atoms with Crippen molar-refractivity contribution < 1.29 is 14.3 Å². The zero-order valence-electron chi connectivity index (χ0n) is 15.5. The zero-order valence-corrected chi connectivity index (χ0v) is 15.5. The van der Waals surface area contributed by atoms with E-state index in [1.54, 1.807) is 0 Å². The molecule has 26 heavy (non-hydrogen) atoms. The molecular formula is C20H29N3O3. The van der Waals surface area contributed by atoms with E-state index in [1.165, 1.54) is 18.5 Å². The van der Waals surface area contributed by atoms with E-state index in [2.05, 4.69) is 22.5 Å². The predicted molar refractivity (Wildman–Crippen MR) is 102 cm³/mol. The maximum Gasteiger partial charge on any atom is 0.233 e. The largest absolute Gasteiger partial charge is 0.376 e. The lowest BCUT2D eigenvalue weighted by atomic mass is 9.99. The molecule has 6 nitrogen and oxygen atoms in total. The molecule has 0 bridgehead atoms. The van der Waals surface area contributed by atoms with Gasteiger partial charge >= 0.3 is 0 Å². The number of nitrogens with one attached hydrogen (secondary N) is 2. The third kappa shape index (κ3) is 5.46. The Kier molecular flexibility index (Phi) is 6.50. The van der Waals surface area contributed by atoms with E-state index in [4.69, 9.17) is 4.74 Å². The molecule has 2 aliphatic rings. The fourth-order valence-corrected chi connectivity index (χ4v) is 3.47. The minimum atomic E-state index is -0.297. The van der Waals surface area contributed by atoms with Gasteiger partial charge in [-0.25, -0.2) is 0 Å². The Hall–Kier alpha value is -2.08. The molecule has 0 spiro atoms. The Morgan fingerprint density at radius 3 is 2.50 bits per heavy atom. The van der Waals surface area contributed by atoms with Crippen LogP contribution in [0.4, 0.5) is 11.4 Å². The Morgan fingerprint density at radius 1 is 1.12 bits per heavy atom. The summed E-state index contributed by atoms with van der Waals surface area (Å²) >= 11 is 0. The smallest absolute Gasteiger partial charge is 0.233 e. The number of nitrogens with zero attached hydrogens (tertiary/aromatic N) is 1. The highest BCUT2D eigenvalue weighted by molar-refractivity contribution is 6.03. The van der Waals surface area contributed by atoms with Crippen LogP contribution in [0.3, 0.4) is 0 Å². The summed E-state index contributed by atoms with van der Waals surface area (Å²) in [5.41, 5.74) is 1.90. The van der Waals surface area contributed by atoms with Gasteiger partial charge in [0.25, 0.3) is 0 Å². The first-order valence-corrected chi connectivity index (χ1v) is 9.63. The fourth-order valence-electron chi connectivity index (χ4n) is 3.47. The summed E-state index contributed by atoms with van der Waals surface area (Å²) in [4.78, 5) is 26.3. The van der Waals surface area contributed by atoms with Crippen molar-refractivity contribution in [3.63, 3.8) is 0 Å². The van der Waals surface area contributed by atoms with Crippen LogP contribution in [0.2, 0.25) is 0 Å². The van der Waals surface area contributed by atoms with Crippen LogP contribution in [0, 0.1) is 5.92 Å². The first-order valence-electron chi connectivity index (χ1n) is 9.63. The summed E-state index contributed by atoms with van der Waals surface area (Å²) in [5, 5.41) is 5.55. The maximum atomic E-state index is 12.0. The van der Waals surface area contributed by atoms with E-state index in [-0.39, 0.29) is 24.3 Å². The number of ether oxygens (including phenoxy) is 1. The van der Waals surface area contributed by atoms with Gasteiger partial charge in [0.2, 0.25) is 11.8 Å². The normalized spacial score (nSPS) is 20.8. The summed E-state index contributed by atoms with van der Waals surface area (Å²) in [5.74, 6) is 0.239. The predicted octanol–water partition coefficient (Wildman–Crippen LogP) is 2.55. The summed E-state index contributed by atoms with van der Waals surface area (Å²) in [7, 11) is 0. The molecular weight excluding hydrogens is 330 g/mol. The van der Waals surface area contributed by atoms with Gasteiger partial charge in [-0.1, -0.05) is 6.92 Å². The standard InChI is InChI=1S/C20H29N3O3/c1-15-8-10-23(11-9-15)17-6-4-16(5-7-17)22-20(25)13-19(24)21-14-18-3-2-12-26-18/h4-7,15,18H,2-3,8-14H2,1H3,(H,21,24)(H,22,25). The second-order valence-electron chi connectivity index (χ2n) is 7.38. The molecule has 0 radical (unpaired) electrons. The van der Waals surface area contributed by atoms with Crippen LogP contribution in [0.5, 0.6) is 0 Å². The van der Waals surface area contributed by atoms with Gasteiger partial charge in [-0.2, -0.15) is 0 Å². The van der Waals surface area contributed by atoms with Crippen molar-refractivity contribution in [1.82, 2.24) is 5.32 Å². The lowest BCUT2D eigenvalue weighted by Gasteiger charge is -2.32. The third-order valence-corrected chi connectivity index (χ3v) is 5.17. The van der Waals surface area contributed by atoms with E-state index in [1.807, 2.05) is 24.3 Å². The third-order valence-electron chi connectivity index (χ3n) is 5.17. The number of hydrogen-bond donors (Lipinski definition) is 2. The topological polar surface area (TPSA) is 70.7 Å². The first kappa shape index (κ1) is 18.7. The minimum Gasteiger partial charge on any atom is -0.376 e. The van der Waals surface area contributed by atoms with Crippen molar-refractivity contribution in [2.45, 2.75) is 45.1 Å². The molecule has 2 N–H and O–H groups in total. The van der Waals surface area contributed by atoms with Crippen molar-refractivity contribution in [2.24, 2.45) is 5.92 Å². The summed E-state index contributed by atoms with van der Waals surface area (Å²) < 4.78 is 5.45. The van der Waals surface area contributed by atoms with Gasteiger partial charge in [0.1, 0.15) is 6.42 Å². The molecule has 1 aromatic carbocycles. The lowest BCUT2D eigenvalue weighted by Crippen LogP contribution is -2.34. The summed E-state index contributed by atoms with van der Waals surface area (Å²) in [6.07, 6.45) is 4.37.